The maximum absolute atomic E-state index is 14.6. The number of nitrogens with one attached hydrogen (secondary N) is 2. The molecule has 0 saturated carbocycles. The van der Waals surface area contributed by atoms with Crippen LogP contribution in [0.4, 0.5) is 10.1 Å². The van der Waals surface area contributed by atoms with Crippen LogP contribution >= 0.6 is 0 Å². The van der Waals surface area contributed by atoms with Crippen molar-refractivity contribution in [1.82, 2.24) is 9.97 Å². The molecule has 3 aromatic rings. The van der Waals surface area contributed by atoms with Crippen molar-refractivity contribution in [2.45, 2.75) is 6.92 Å². The number of aromatic amines is 1. The molecule has 1 aliphatic rings. The molecule has 3 heterocycles. The summed E-state index contributed by atoms with van der Waals surface area (Å²) in [6, 6.07) is 7.51. The van der Waals surface area contributed by atoms with Crippen molar-refractivity contribution in [3.63, 3.8) is 0 Å². The summed E-state index contributed by atoms with van der Waals surface area (Å²) in [4.78, 5) is 32.6. The van der Waals surface area contributed by atoms with Gasteiger partial charge in [0.15, 0.2) is 11.3 Å². The van der Waals surface area contributed by atoms with Gasteiger partial charge in [-0.3, -0.25) is 4.79 Å². The third kappa shape index (κ3) is 4.55. The second kappa shape index (κ2) is 9.53. The van der Waals surface area contributed by atoms with E-state index in [0.29, 0.717) is 11.2 Å². The van der Waals surface area contributed by atoms with Gasteiger partial charge in [0.05, 0.1) is 18.9 Å². The van der Waals surface area contributed by atoms with Gasteiger partial charge in [-0.25, -0.2) is 14.2 Å². The number of ether oxygens (including phenoxy) is 3. The summed E-state index contributed by atoms with van der Waals surface area (Å²) in [7, 11) is 0. The van der Waals surface area contributed by atoms with Crippen molar-refractivity contribution in [1.29, 1.82) is 0 Å². The molecular formula is C23H20FN3O6. The summed E-state index contributed by atoms with van der Waals surface area (Å²) in [6.45, 7) is 1.45. The zero-order valence-corrected chi connectivity index (χ0v) is 17.6. The highest BCUT2D eigenvalue weighted by molar-refractivity contribution is 6.26. The Labute approximate surface area is 187 Å². The Kier molecular flexibility index (Phi) is 6.36. The number of benzene rings is 1. The average Bonchev–Trinajstić information content (AvgIpc) is 3.35. The predicted octanol–water partition coefficient (Wildman–Crippen LogP) is 2.90. The van der Waals surface area contributed by atoms with Crippen molar-refractivity contribution in [2.75, 3.05) is 25.1 Å². The third-order valence-electron chi connectivity index (χ3n) is 4.69. The normalized spacial score (nSPS) is 14.6. The second-order valence-corrected chi connectivity index (χ2v) is 6.85. The van der Waals surface area contributed by atoms with Gasteiger partial charge in [0, 0.05) is 29.4 Å². The van der Waals surface area contributed by atoms with Crippen LogP contribution in [0.25, 0.3) is 17.1 Å². The summed E-state index contributed by atoms with van der Waals surface area (Å²) in [6.07, 6.45) is 4.75. The number of carbonyl (C=O) groups is 2. The number of halogens is 1. The molecule has 0 spiro atoms. The molecule has 0 unspecified atom stereocenters. The fourth-order valence-electron chi connectivity index (χ4n) is 3.22. The van der Waals surface area contributed by atoms with Gasteiger partial charge < -0.3 is 29.6 Å². The summed E-state index contributed by atoms with van der Waals surface area (Å²) < 4.78 is 30.4. The maximum atomic E-state index is 14.6. The van der Waals surface area contributed by atoms with E-state index in [1.165, 1.54) is 18.2 Å². The number of H-pyrrole nitrogens is 1. The molecule has 10 heteroatoms. The number of aromatic nitrogens is 2. The Morgan fingerprint density at radius 3 is 2.97 bits per heavy atom. The number of allylic oxidation sites excluding steroid dienone is 1. The average molecular weight is 453 g/mol. The molecule has 0 amide bonds. The van der Waals surface area contributed by atoms with Crippen LogP contribution in [-0.2, 0) is 19.1 Å². The molecule has 2 aromatic heterocycles. The lowest BCUT2D eigenvalue weighted by molar-refractivity contribution is -0.139. The molecule has 4 rings (SSSR count). The van der Waals surface area contributed by atoms with Crippen LogP contribution < -0.4 is 10.1 Å². The third-order valence-corrected chi connectivity index (χ3v) is 4.69. The van der Waals surface area contributed by atoms with Gasteiger partial charge >= 0.3 is 5.97 Å². The number of rotatable bonds is 8. The molecule has 33 heavy (non-hydrogen) atoms. The second-order valence-electron chi connectivity index (χ2n) is 6.85. The summed E-state index contributed by atoms with van der Waals surface area (Å²) in [5.74, 6) is -2.46. The number of nitrogens with zero attached hydrogens (tertiary/aromatic N) is 1. The number of Topliss-reactive ketones (excluding diaryl/α,β-unsaturated/α-hetero) is 1. The minimum Gasteiger partial charge on any atom is -0.491 e. The van der Waals surface area contributed by atoms with E-state index >= 15 is 0 Å². The van der Waals surface area contributed by atoms with Crippen LogP contribution in [0.5, 0.6) is 5.75 Å². The quantitative estimate of drug-likeness (QED) is 0.270. The van der Waals surface area contributed by atoms with E-state index < -0.39 is 17.6 Å². The molecule has 170 valence electrons. The Morgan fingerprint density at radius 1 is 1.36 bits per heavy atom. The van der Waals surface area contributed by atoms with E-state index in [2.05, 4.69) is 15.3 Å². The standard InChI is InChI=1S/C23H20FN3O6/c1-2-31-23(30)19-20(29)18(10-13-12-26-21-15(13)4-3-7-25-21)33-22(19)27-17-6-5-14(11-16(17)24)32-9-8-28/h3-7,10-12,27-28H,2,8-9H2,1H3,(H,25,26). The van der Waals surface area contributed by atoms with Crippen molar-refractivity contribution in [2.24, 2.45) is 0 Å². The van der Waals surface area contributed by atoms with Crippen LogP contribution in [0, 0.1) is 5.82 Å². The number of aliphatic hydroxyl groups is 1. The molecule has 0 bridgehead atoms. The first kappa shape index (κ1) is 22.0. The largest absolute Gasteiger partial charge is 0.491 e. The summed E-state index contributed by atoms with van der Waals surface area (Å²) in [5, 5.41) is 12.2. The molecule has 1 aliphatic heterocycles. The summed E-state index contributed by atoms with van der Waals surface area (Å²) >= 11 is 0. The van der Waals surface area contributed by atoms with Crippen molar-refractivity contribution in [3.05, 3.63) is 71.3 Å². The minimum atomic E-state index is -0.891. The fraction of sp³-hybridized carbons (Fsp3) is 0.174. The van der Waals surface area contributed by atoms with Crippen molar-refractivity contribution >= 4 is 34.5 Å². The number of carbonyl (C=O) groups excluding carboxylic acids is 2. The zero-order chi connectivity index (χ0) is 23.4. The van der Waals surface area contributed by atoms with E-state index in [0.717, 1.165) is 11.5 Å². The van der Waals surface area contributed by atoms with Gasteiger partial charge in [-0.2, -0.15) is 0 Å². The maximum Gasteiger partial charge on any atom is 0.347 e. The first-order valence-corrected chi connectivity index (χ1v) is 10.1. The number of hydrogen-bond donors (Lipinski definition) is 3. The number of anilines is 1. The number of fused-ring (bicyclic) bond motifs is 1. The van der Waals surface area contributed by atoms with Crippen molar-refractivity contribution < 1.29 is 33.3 Å². The molecule has 0 fully saturated rings. The lowest BCUT2D eigenvalue weighted by Gasteiger charge is -2.11. The molecule has 0 atom stereocenters. The van der Waals surface area contributed by atoms with E-state index in [4.69, 9.17) is 19.3 Å². The van der Waals surface area contributed by atoms with Gasteiger partial charge in [0.1, 0.15) is 23.8 Å². The van der Waals surface area contributed by atoms with Gasteiger partial charge in [-0.1, -0.05) is 0 Å². The Hall–Kier alpha value is -4.18. The number of ketones is 1. The SMILES string of the molecule is CCOC(=O)C1=C(Nc2ccc(OCCO)cc2F)OC(=Cc2c[nH]c3ncccc23)C1=O. The van der Waals surface area contributed by atoms with E-state index in [-0.39, 0.29) is 48.5 Å². The molecule has 0 aliphatic carbocycles. The Morgan fingerprint density at radius 2 is 2.21 bits per heavy atom. The van der Waals surface area contributed by atoms with E-state index in [1.54, 1.807) is 25.4 Å². The molecular weight excluding hydrogens is 433 g/mol. The number of hydrogen-bond acceptors (Lipinski definition) is 8. The van der Waals surface area contributed by atoms with E-state index in [1.807, 2.05) is 6.07 Å². The highest BCUT2D eigenvalue weighted by Gasteiger charge is 2.37. The zero-order valence-electron chi connectivity index (χ0n) is 17.6. The molecule has 9 nitrogen and oxygen atoms in total. The highest BCUT2D eigenvalue weighted by atomic mass is 19.1. The van der Waals surface area contributed by atoms with Crippen molar-refractivity contribution in [3.8, 4) is 5.75 Å². The molecule has 0 radical (unpaired) electrons. The first-order valence-electron chi connectivity index (χ1n) is 10.1. The van der Waals surface area contributed by atoms with Crippen LogP contribution in [0.1, 0.15) is 12.5 Å². The predicted molar refractivity (Wildman–Crippen MR) is 116 cm³/mol. The smallest absolute Gasteiger partial charge is 0.347 e. The minimum absolute atomic E-state index is 0.0134. The van der Waals surface area contributed by atoms with Crippen LogP contribution in [0.15, 0.2) is 59.9 Å². The monoisotopic (exact) mass is 453 g/mol. The Balaban J connectivity index is 1.66. The van der Waals surface area contributed by atoms with Gasteiger partial charge in [0.2, 0.25) is 11.7 Å². The van der Waals surface area contributed by atoms with Gasteiger partial charge in [0.25, 0.3) is 0 Å². The fourth-order valence-corrected chi connectivity index (χ4v) is 3.22. The Bertz CT molecular complexity index is 1280. The number of aliphatic hydroxyl groups excluding tert-OH is 1. The van der Waals surface area contributed by atoms with Gasteiger partial charge in [-0.15, -0.1) is 0 Å². The topological polar surface area (TPSA) is 123 Å². The molecule has 1 aromatic carbocycles. The van der Waals surface area contributed by atoms with Gasteiger partial charge in [-0.05, 0) is 37.3 Å². The first-order chi connectivity index (χ1) is 16.0. The van der Waals surface area contributed by atoms with Crippen LogP contribution in [-0.4, -0.2) is 46.6 Å². The molecule has 0 saturated heterocycles. The highest BCUT2D eigenvalue weighted by Crippen LogP contribution is 2.31. The number of pyridine rings is 1. The van der Waals surface area contributed by atoms with E-state index in [9.17, 15) is 14.0 Å². The lowest BCUT2D eigenvalue weighted by Crippen LogP contribution is -2.16. The number of esters is 1. The lowest BCUT2D eigenvalue weighted by atomic mass is 10.1. The summed E-state index contributed by atoms with van der Waals surface area (Å²) in [5.41, 5.74) is 0.828. The van der Waals surface area contributed by atoms with Crippen LogP contribution in [0.3, 0.4) is 0 Å². The molecule has 3 N–H and O–H groups in total. The van der Waals surface area contributed by atoms with Crippen LogP contribution in [0.2, 0.25) is 0 Å².